The maximum absolute atomic E-state index is 6.03. The van der Waals surface area contributed by atoms with E-state index in [2.05, 4.69) is 22.5 Å². The van der Waals surface area contributed by atoms with Crippen LogP contribution in [0.3, 0.4) is 0 Å². The predicted molar refractivity (Wildman–Crippen MR) is 117 cm³/mol. The molecular weight excluding hydrogens is 441 g/mol. The molecule has 0 bridgehead atoms. The first-order chi connectivity index (χ1) is 12.2. The van der Waals surface area contributed by atoms with Gasteiger partial charge >= 0.3 is 0 Å². The third-order valence-electron chi connectivity index (χ3n) is 7.10. The summed E-state index contributed by atoms with van der Waals surface area (Å²) in [5, 5.41) is 7.34. The molecule has 3 aliphatic rings. The molecule has 0 saturated heterocycles. The molecule has 0 amide bonds. The molecule has 2 unspecified atom stereocenters. The number of hydrogen-bond donors (Lipinski definition) is 2. The molecule has 0 heterocycles. The maximum atomic E-state index is 6.03. The van der Waals surface area contributed by atoms with Crippen molar-refractivity contribution < 1.29 is 9.47 Å². The average Bonchev–Trinajstić information content (AvgIpc) is 3.10. The molecule has 3 rings (SSSR count). The Labute approximate surface area is 176 Å². The largest absolute Gasteiger partial charge is 0.385 e. The van der Waals surface area contributed by atoms with Gasteiger partial charge in [0, 0.05) is 45.4 Å². The SMILES string of the molecule is CCOC1CC(NC(=NC)NCC2(CCOC)CCC2)C12CCCC2.I. The minimum atomic E-state index is 0. The van der Waals surface area contributed by atoms with E-state index in [9.17, 15) is 0 Å². The first-order valence-corrected chi connectivity index (χ1v) is 10.3. The lowest BCUT2D eigenvalue weighted by atomic mass is 9.60. The molecule has 2 N–H and O–H groups in total. The van der Waals surface area contributed by atoms with Gasteiger partial charge in [-0.1, -0.05) is 19.3 Å². The number of nitrogens with one attached hydrogen (secondary N) is 2. The first-order valence-electron chi connectivity index (χ1n) is 10.3. The minimum absolute atomic E-state index is 0. The number of rotatable bonds is 8. The van der Waals surface area contributed by atoms with E-state index in [-0.39, 0.29) is 24.0 Å². The van der Waals surface area contributed by atoms with Crippen LogP contribution in [-0.2, 0) is 9.47 Å². The molecule has 0 aromatic heterocycles. The first kappa shape index (κ1) is 22.2. The summed E-state index contributed by atoms with van der Waals surface area (Å²) < 4.78 is 11.3. The third-order valence-corrected chi connectivity index (χ3v) is 7.10. The summed E-state index contributed by atoms with van der Waals surface area (Å²) in [6.07, 6.45) is 11.9. The van der Waals surface area contributed by atoms with E-state index in [4.69, 9.17) is 9.47 Å². The molecule has 152 valence electrons. The van der Waals surface area contributed by atoms with Gasteiger partial charge in [0.25, 0.3) is 0 Å². The molecule has 3 fully saturated rings. The van der Waals surface area contributed by atoms with Crippen LogP contribution in [0.4, 0.5) is 0 Å². The van der Waals surface area contributed by atoms with Crippen LogP contribution in [0.2, 0.25) is 0 Å². The Morgan fingerprint density at radius 2 is 1.88 bits per heavy atom. The van der Waals surface area contributed by atoms with Gasteiger partial charge in [-0.05, 0) is 50.9 Å². The lowest BCUT2D eigenvalue weighted by Gasteiger charge is -2.54. The van der Waals surface area contributed by atoms with E-state index in [1.807, 2.05) is 7.05 Å². The molecule has 26 heavy (non-hydrogen) atoms. The van der Waals surface area contributed by atoms with Gasteiger partial charge in [-0.2, -0.15) is 0 Å². The Bertz CT molecular complexity index is 462. The topological polar surface area (TPSA) is 54.9 Å². The van der Waals surface area contributed by atoms with Crippen molar-refractivity contribution in [3.05, 3.63) is 0 Å². The minimum Gasteiger partial charge on any atom is -0.385 e. The van der Waals surface area contributed by atoms with Crippen LogP contribution in [-0.4, -0.2) is 52.0 Å². The lowest BCUT2D eigenvalue weighted by Crippen LogP contribution is -2.65. The number of methoxy groups -OCH3 is 1. The van der Waals surface area contributed by atoms with E-state index in [1.165, 1.54) is 44.9 Å². The number of hydrogen-bond acceptors (Lipinski definition) is 3. The summed E-state index contributed by atoms with van der Waals surface area (Å²) >= 11 is 0. The van der Waals surface area contributed by atoms with Gasteiger partial charge in [0.1, 0.15) is 0 Å². The maximum Gasteiger partial charge on any atom is 0.191 e. The van der Waals surface area contributed by atoms with Crippen molar-refractivity contribution in [3.63, 3.8) is 0 Å². The molecule has 3 aliphatic carbocycles. The second-order valence-corrected chi connectivity index (χ2v) is 8.34. The Hall–Kier alpha value is -0.0800. The van der Waals surface area contributed by atoms with Gasteiger partial charge in [-0.25, -0.2) is 0 Å². The predicted octanol–water partition coefficient (Wildman–Crippen LogP) is 3.71. The van der Waals surface area contributed by atoms with Crippen LogP contribution < -0.4 is 10.6 Å². The van der Waals surface area contributed by atoms with Crippen LogP contribution in [0, 0.1) is 10.8 Å². The summed E-state index contributed by atoms with van der Waals surface area (Å²) in [5.41, 5.74) is 0.754. The fourth-order valence-corrected chi connectivity index (χ4v) is 5.23. The monoisotopic (exact) mass is 479 g/mol. The van der Waals surface area contributed by atoms with Crippen LogP contribution in [0.5, 0.6) is 0 Å². The zero-order valence-electron chi connectivity index (χ0n) is 16.8. The van der Waals surface area contributed by atoms with Crippen molar-refractivity contribution in [3.8, 4) is 0 Å². The molecular formula is C20H38IN3O2. The van der Waals surface area contributed by atoms with Crippen LogP contribution in [0.25, 0.3) is 0 Å². The summed E-state index contributed by atoms with van der Waals surface area (Å²) in [7, 11) is 3.69. The van der Waals surface area contributed by atoms with Gasteiger partial charge < -0.3 is 20.1 Å². The fraction of sp³-hybridized carbons (Fsp3) is 0.950. The Morgan fingerprint density at radius 1 is 1.15 bits per heavy atom. The van der Waals surface area contributed by atoms with Crippen molar-refractivity contribution in [1.29, 1.82) is 0 Å². The third kappa shape index (κ3) is 4.49. The molecule has 0 aliphatic heterocycles. The van der Waals surface area contributed by atoms with E-state index < -0.39 is 0 Å². The van der Waals surface area contributed by atoms with Crippen molar-refractivity contribution in [2.45, 2.75) is 76.9 Å². The summed E-state index contributed by atoms with van der Waals surface area (Å²) in [5.74, 6) is 0.968. The van der Waals surface area contributed by atoms with E-state index in [0.717, 1.165) is 38.6 Å². The van der Waals surface area contributed by atoms with Gasteiger partial charge in [-0.3, -0.25) is 4.99 Å². The van der Waals surface area contributed by atoms with Crippen molar-refractivity contribution in [2.75, 3.05) is 33.9 Å². The van der Waals surface area contributed by atoms with Crippen LogP contribution >= 0.6 is 24.0 Å². The highest BCUT2D eigenvalue weighted by Gasteiger charge is 2.57. The number of aliphatic imine (C=N–C) groups is 1. The molecule has 0 aromatic carbocycles. The summed E-state index contributed by atoms with van der Waals surface area (Å²) in [4.78, 5) is 4.50. The highest BCUT2D eigenvalue weighted by atomic mass is 127. The molecule has 0 aromatic rings. The Kier molecular flexibility index (Phi) is 8.47. The molecule has 2 atom stereocenters. The molecule has 6 heteroatoms. The van der Waals surface area contributed by atoms with E-state index >= 15 is 0 Å². The number of halogens is 1. The van der Waals surface area contributed by atoms with Crippen molar-refractivity contribution in [1.82, 2.24) is 10.6 Å². The van der Waals surface area contributed by atoms with Crippen molar-refractivity contribution >= 4 is 29.9 Å². The summed E-state index contributed by atoms with van der Waals surface area (Å²) in [6, 6.07) is 0.508. The molecule has 3 saturated carbocycles. The van der Waals surface area contributed by atoms with E-state index in [1.54, 1.807) is 7.11 Å². The van der Waals surface area contributed by atoms with Gasteiger partial charge in [0.15, 0.2) is 5.96 Å². The lowest BCUT2D eigenvalue weighted by molar-refractivity contribution is -0.125. The van der Waals surface area contributed by atoms with Gasteiger partial charge in [-0.15, -0.1) is 24.0 Å². The Morgan fingerprint density at radius 3 is 2.42 bits per heavy atom. The second-order valence-electron chi connectivity index (χ2n) is 8.34. The Balaban J connectivity index is 0.00000243. The smallest absolute Gasteiger partial charge is 0.191 e. The van der Waals surface area contributed by atoms with Gasteiger partial charge in [0.05, 0.1) is 6.10 Å². The molecule has 1 spiro atoms. The highest BCUT2D eigenvalue weighted by Crippen LogP contribution is 2.54. The normalized spacial score (nSPS) is 28.8. The molecule has 0 radical (unpaired) electrons. The highest BCUT2D eigenvalue weighted by molar-refractivity contribution is 14.0. The van der Waals surface area contributed by atoms with E-state index in [0.29, 0.717) is 23.0 Å². The fourth-order valence-electron chi connectivity index (χ4n) is 5.23. The zero-order chi connectivity index (χ0) is 17.8. The van der Waals surface area contributed by atoms with Crippen molar-refractivity contribution in [2.24, 2.45) is 15.8 Å². The summed E-state index contributed by atoms with van der Waals surface area (Å²) in [6.45, 7) is 4.80. The number of nitrogens with zero attached hydrogens (tertiary/aromatic N) is 1. The number of ether oxygens (including phenoxy) is 2. The van der Waals surface area contributed by atoms with Gasteiger partial charge in [0.2, 0.25) is 0 Å². The second kappa shape index (κ2) is 9.92. The zero-order valence-corrected chi connectivity index (χ0v) is 19.1. The van der Waals surface area contributed by atoms with Crippen LogP contribution in [0.15, 0.2) is 4.99 Å². The van der Waals surface area contributed by atoms with Crippen LogP contribution in [0.1, 0.15) is 64.7 Å². The number of guanidine groups is 1. The quantitative estimate of drug-likeness (QED) is 0.317. The average molecular weight is 479 g/mol. The molecule has 5 nitrogen and oxygen atoms in total. The standard InChI is InChI=1S/C20H37N3O2.HI/c1-4-25-17-14-16(20(17)10-5-6-11-20)23-18(21-2)22-15-19(8-7-9-19)12-13-24-3;/h16-17H,4-15H2,1-3H3,(H2,21,22,23);1H.